The van der Waals surface area contributed by atoms with Crippen LogP contribution in [0.1, 0.15) is 10.4 Å². The summed E-state index contributed by atoms with van der Waals surface area (Å²) in [6.45, 7) is 0. The maximum atomic E-state index is 12.7. The molecule has 0 bridgehead atoms. The van der Waals surface area contributed by atoms with Crippen molar-refractivity contribution in [3.05, 3.63) is 34.4 Å². The number of hydrogen-bond donors (Lipinski definition) is 1. The Morgan fingerprint density at radius 1 is 1.42 bits per heavy atom. The van der Waals surface area contributed by atoms with Crippen molar-refractivity contribution < 1.29 is 13.6 Å². The fraction of sp³-hybridized carbons (Fsp3) is 0. The molecule has 0 radical (unpaired) electrons. The number of carbonyl (C=O) groups is 1. The van der Waals surface area contributed by atoms with Crippen LogP contribution in [0.3, 0.4) is 0 Å². The van der Waals surface area contributed by atoms with Crippen LogP contribution >= 0.6 is 11.6 Å². The van der Waals surface area contributed by atoms with Gasteiger partial charge in [-0.2, -0.15) is 0 Å². The molecule has 1 amide bonds. The Labute approximate surface area is 71.9 Å². The van der Waals surface area contributed by atoms with Gasteiger partial charge in [-0.05, 0) is 6.07 Å². The van der Waals surface area contributed by atoms with Gasteiger partial charge in [-0.15, -0.1) is 0 Å². The van der Waals surface area contributed by atoms with Crippen LogP contribution in [0, 0.1) is 11.6 Å². The Kier molecular flexibility index (Phi) is 2.28. The molecule has 0 saturated carbocycles. The van der Waals surface area contributed by atoms with Crippen LogP contribution < -0.4 is 5.73 Å². The van der Waals surface area contributed by atoms with Crippen molar-refractivity contribution in [2.45, 2.75) is 0 Å². The van der Waals surface area contributed by atoms with Crippen LogP contribution in [-0.4, -0.2) is 5.91 Å². The number of rotatable bonds is 1. The second-order valence-corrected chi connectivity index (χ2v) is 2.52. The van der Waals surface area contributed by atoms with Gasteiger partial charge in [-0.3, -0.25) is 4.79 Å². The van der Waals surface area contributed by atoms with Crippen molar-refractivity contribution in [2.75, 3.05) is 0 Å². The van der Waals surface area contributed by atoms with E-state index in [4.69, 9.17) is 17.3 Å². The van der Waals surface area contributed by atoms with Gasteiger partial charge >= 0.3 is 0 Å². The molecular formula is C7H4ClF2NO. The minimum atomic E-state index is -1.05. The van der Waals surface area contributed by atoms with Gasteiger partial charge in [0.15, 0.2) is 0 Å². The lowest BCUT2D eigenvalue weighted by Crippen LogP contribution is -2.14. The van der Waals surface area contributed by atoms with Gasteiger partial charge in [0, 0.05) is 6.07 Å². The zero-order chi connectivity index (χ0) is 9.30. The third kappa shape index (κ3) is 1.53. The summed E-state index contributed by atoms with van der Waals surface area (Å²) < 4.78 is 25.1. The van der Waals surface area contributed by atoms with Gasteiger partial charge in [0.25, 0.3) is 5.91 Å². The normalized spacial score (nSPS) is 9.92. The van der Waals surface area contributed by atoms with Crippen molar-refractivity contribution in [3.63, 3.8) is 0 Å². The Hall–Kier alpha value is -1.16. The lowest BCUT2D eigenvalue weighted by atomic mass is 10.2. The Morgan fingerprint density at radius 3 is 2.42 bits per heavy atom. The number of hydrogen-bond acceptors (Lipinski definition) is 1. The fourth-order valence-electron chi connectivity index (χ4n) is 0.778. The third-order valence-corrected chi connectivity index (χ3v) is 1.55. The molecule has 1 aromatic rings. The molecule has 0 saturated heterocycles. The van der Waals surface area contributed by atoms with Gasteiger partial charge in [0.1, 0.15) is 11.6 Å². The van der Waals surface area contributed by atoms with Crippen molar-refractivity contribution in [2.24, 2.45) is 5.73 Å². The molecule has 12 heavy (non-hydrogen) atoms. The maximum Gasteiger partial charge on any atom is 0.253 e. The average molecular weight is 192 g/mol. The maximum absolute atomic E-state index is 12.7. The summed E-state index contributed by atoms with van der Waals surface area (Å²) in [5.74, 6) is -2.91. The third-order valence-electron chi connectivity index (χ3n) is 1.25. The van der Waals surface area contributed by atoms with E-state index in [1.54, 1.807) is 0 Å². The second kappa shape index (κ2) is 3.06. The predicted molar refractivity (Wildman–Crippen MR) is 39.9 cm³/mol. The van der Waals surface area contributed by atoms with Gasteiger partial charge in [-0.25, -0.2) is 8.78 Å². The summed E-state index contributed by atoms with van der Waals surface area (Å²) in [6.07, 6.45) is 0. The zero-order valence-electron chi connectivity index (χ0n) is 5.77. The first-order valence-electron chi connectivity index (χ1n) is 2.96. The molecule has 2 nitrogen and oxygen atoms in total. The topological polar surface area (TPSA) is 43.1 Å². The minimum Gasteiger partial charge on any atom is -0.365 e. The van der Waals surface area contributed by atoms with E-state index in [1.165, 1.54) is 0 Å². The number of carbonyl (C=O) groups excluding carboxylic acids is 1. The van der Waals surface area contributed by atoms with E-state index in [-0.39, 0.29) is 5.02 Å². The highest BCUT2D eigenvalue weighted by molar-refractivity contribution is 6.33. The number of benzene rings is 1. The summed E-state index contributed by atoms with van der Waals surface area (Å²) in [4.78, 5) is 10.5. The standard InChI is InChI=1S/C7H4ClF2NO/c8-4-1-3(9)2-5(10)6(4)7(11)12/h1-2H,(H2,11,12). The highest BCUT2D eigenvalue weighted by Gasteiger charge is 2.14. The number of nitrogens with two attached hydrogens (primary N) is 1. The van der Waals surface area contributed by atoms with Crippen LogP contribution in [0.15, 0.2) is 12.1 Å². The fourth-order valence-corrected chi connectivity index (χ4v) is 1.07. The second-order valence-electron chi connectivity index (χ2n) is 2.11. The molecule has 0 heterocycles. The molecule has 0 fully saturated rings. The summed E-state index contributed by atoms with van der Waals surface area (Å²) >= 11 is 5.35. The van der Waals surface area contributed by atoms with Gasteiger partial charge in [0.05, 0.1) is 10.6 Å². The van der Waals surface area contributed by atoms with Crippen molar-refractivity contribution >= 4 is 17.5 Å². The lowest BCUT2D eigenvalue weighted by Gasteiger charge is -2.00. The Morgan fingerprint density at radius 2 is 2.00 bits per heavy atom. The molecule has 1 rings (SSSR count). The number of amides is 1. The van der Waals surface area contributed by atoms with E-state index >= 15 is 0 Å². The summed E-state index contributed by atoms with van der Waals surface area (Å²) in [6, 6.07) is 1.37. The first-order chi connectivity index (χ1) is 5.52. The molecule has 2 N–H and O–H groups in total. The van der Waals surface area contributed by atoms with E-state index in [0.29, 0.717) is 6.07 Å². The van der Waals surface area contributed by atoms with Crippen molar-refractivity contribution in [3.8, 4) is 0 Å². The van der Waals surface area contributed by atoms with Crippen LogP contribution in [0.25, 0.3) is 0 Å². The number of primary amides is 1. The molecule has 0 unspecified atom stereocenters. The monoisotopic (exact) mass is 191 g/mol. The van der Waals surface area contributed by atoms with Crippen LogP contribution in [0.2, 0.25) is 5.02 Å². The molecule has 0 aromatic heterocycles. The highest BCUT2D eigenvalue weighted by Crippen LogP contribution is 2.20. The first kappa shape index (κ1) is 8.93. The van der Waals surface area contributed by atoms with Gasteiger partial charge in [0.2, 0.25) is 0 Å². The van der Waals surface area contributed by atoms with Crippen molar-refractivity contribution in [1.82, 2.24) is 0 Å². The predicted octanol–water partition coefficient (Wildman–Crippen LogP) is 1.72. The van der Waals surface area contributed by atoms with E-state index in [9.17, 15) is 13.6 Å². The minimum absolute atomic E-state index is 0.319. The van der Waals surface area contributed by atoms with Crippen LogP contribution in [0.4, 0.5) is 8.78 Å². The highest BCUT2D eigenvalue weighted by atomic mass is 35.5. The lowest BCUT2D eigenvalue weighted by molar-refractivity contribution is 0.0996. The largest absolute Gasteiger partial charge is 0.365 e. The van der Waals surface area contributed by atoms with E-state index in [2.05, 4.69) is 0 Å². The molecule has 0 aliphatic heterocycles. The molecule has 0 aliphatic rings. The quantitative estimate of drug-likeness (QED) is 0.722. The molecule has 1 aromatic carbocycles. The van der Waals surface area contributed by atoms with E-state index in [1.807, 2.05) is 0 Å². The SMILES string of the molecule is NC(=O)c1c(F)cc(F)cc1Cl. The van der Waals surface area contributed by atoms with Crippen molar-refractivity contribution in [1.29, 1.82) is 0 Å². The van der Waals surface area contributed by atoms with E-state index < -0.39 is 23.1 Å². The van der Waals surface area contributed by atoms with Crippen LogP contribution in [-0.2, 0) is 0 Å². The summed E-state index contributed by atoms with van der Waals surface area (Å²) in [5.41, 5.74) is 4.29. The van der Waals surface area contributed by atoms with Gasteiger partial charge < -0.3 is 5.73 Å². The summed E-state index contributed by atoms with van der Waals surface area (Å²) in [7, 11) is 0. The Bertz CT molecular complexity index is 317. The molecule has 0 atom stereocenters. The molecule has 5 heteroatoms. The average Bonchev–Trinajstić information content (AvgIpc) is 1.82. The zero-order valence-corrected chi connectivity index (χ0v) is 6.53. The smallest absolute Gasteiger partial charge is 0.253 e. The molecule has 0 spiro atoms. The van der Waals surface area contributed by atoms with Gasteiger partial charge in [-0.1, -0.05) is 11.6 Å². The molecule has 0 aliphatic carbocycles. The van der Waals surface area contributed by atoms with E-state index in [0.717, 1.165) is 6.07 Å². The Balaban J connectivity index is 3.38. The molecular weight excluding hydrogens is 188 g/mol. The van der Waals surface area contributed by atoms with Crippen LogP contribution in [0.5, 0.6) is 0 Å². The number of halogens is 3. The summed E-state index contributed by atoms with van der Waals surface area (Å²) in [5, 5.41) is -0.319. The molecule has 64 valence electrons. The first-order valence-corrected chi connectivity index (χ1v) is 3.34.